The molecule has 5 rings (SSSR count). The molecule has 3 heterocycles. The first kappa shape index (κ1) is 19.4. The summed E-state index contributed by atoms with van der Waals surface area (Å²) in [5, 5.41) is 2.06. The van der Waals surface area contributed by atoms with Crippen molar-refractivity contribution in [3.05, 3.63) is 86.0 Å². The number of ether oxygens (including phenoxy) is 2. The number of rotatable bonds is 4. The van der Waals surface area contributed by atoms with Crippen molar-refractivity contribution >= 4 is 17.0 Å². The third-order valence-electron chi connectivity index (χ3n) is 5.50. The van der Waals surface area contributed by atoms with E-state index in [1.807, 2.05) is 74.1 Å². The molecule has 0 unspecified atom stereocenters. The molecule has 0 aliphatic carbocycles. The van der Waals surface area contributed by atoms with Crippen LogP contribution in [0.4, 0.5) is 5.69 Å². The van der Waals surface area contributed by atoms with Crippen molar-refractivity contribution in [2.45, 2.75) is 20.4 Å². The van der Waals surface area contributed by atoms with Crippen molar-refractivity contribution in [1.29, 1.82) is 0 Å². The highest BCUT2D eigenvalue weighted by molar-refractivity contribution is 7.07. The van der Waals surface area contributed by atoms with E-state index in [9.17, 15) is 4.79 Å². The zero-order valence-electron chi connectivity index (χ0n) is 17.5. The lowest BCUT2D eigenvalue weighted by molar-refractivity contribution is 0.174. The molecule has 158 valence electrons. The molecule has 2 aromatic carbocycles. The first-order valence-electron chi connectivity index (χ1n) is 9.95. The lowest BCUT2D eigenvalue weighted by Crippen LogP contribution is -2.20. The molecule has 0 bridgehead atoms. The number of para-hydroxylation sites is 1. The van der Waals surface area contributed by atoms with E-state index in [0.717, 1.165) is 38.9 Å². The molecular formula is C23H22N4O3S. The average Bonchev–Trinajstić information content (AvgIpc) is 3.44. The minimum atomic E-state index is -0.133. The van der Waals surface area contributed by atoms with Crippen molar-refractivity contribution in [2.75, 3.05) is 6.79 Å². The van der Waals surface area contributed by atoms with Gasteiger partial charge in [0.15, 0.2) is 22.0 Å². The molecule has 8 heteroatoms. The summed E-state index contributed by atoms with van der Waals surface area (Å²) >= 11 is 1.53. The van der Waals surface area contributed by atoms with Gasteiger partial charge < -0.3 is 14.0 Å². The number of fused-ring (bicyclic) bond motifs is 1. The van der Waals surface area contributed by atoms with Crippen LogP contribution in [0.3, 0.4) is 0 Å². The first-order chi connectivity index (χ1) is 15.0. The van der Waals surface area contributed by atoms with Crippen LogP contribution in [0, 0.1) is 13.8 Å². The summed E-state index contributed by atoms with van der Waals surface area (Å²) in [6.45, 7) is 4.85. The van der Waals surface area contributed by atoms with Gasteiger partial charge in [-0.25, -0.2) is 9.67 Å². The molecule has 1 aliphatic rings. The summed E-state index contributed by atoms with van der Waals surface area (Å²) in [6, 6.07) is 15.6. The number of benzene rings is 2. The Hall–Kier alpha value is -3.52. The van der Waals surface area contributed by atoms with Gasteiger partial charge in [0.2, 0.25) is 6.79 Å². The number of nitrogens with zero attached hydrogens (tertiary/aromatic N) is 4. The second-order valence-electron chi connectivity index (χ2n) is 7.46. The Kier molecular flexibility index (Phi) is 4.78. The Morgan fingerprint density at radius 1 is 1.06 bits per heavy atom. The van der Waals surface area contributed by atoms with Crippen LogP contribution < -0.4 is 19.8 Å². The molecule has 31 heavy (non-hydrogen) atoms. The predicted molar refractivity (Wildman–Crippen MR) is 120 cm³/mol. The molecule has 4 aromatic rings. The quantitative estimate of drug-likeness (QED) is 0.492. The molecule has 0 N–H and O–H groups in total. The van der Waals surface area contributed by atoms with E-state index in [-0.39, 0.29) is 12.4 Å². The van der Waals surface area contributed by atoms with Gasteiger partial charge in [-0.05, 0) is 43.7 Å². The highest BCUT2D eigenvalue weighted by Gasteiger charge is 2.17. The highest BCUT2D eigenvalue weighted by atomic mass is 32.1. The van der Waals surface area contributed by atoms with Crippen LogP contribution in [0.1, 0.15) is 17.0 Å². The van der Waals surface area contributed by atoms with Crippen molar-refractivity contribution < 1.29 is 9.47 Å². The predicted octanol–water partition coefficient (Wildman–Crippen LogP) is 3.67. The van der Waals surface area contributed by atoms with Gasteiger partial charge in [-0.15, -0.1) is 11.3 Å². The third kappa shape index (κ3) is 3.38. The van der Waals surface area contributed by atoms with Crippen LogP contribution in [0.2, 0.25) is 0 Å². The number of thiazole rings is 1. The molecule has 0 radical (unpaired) electrons. The Morgan fingerprint density at radius 2 is 1.84 bits per heavy atom. The fourth-order valence-electron chi connectivity index (χ4n) is 3.70. The van der Waals surface area contributed by atoms with E-state index in [1.54, 1.807) is 4.68 Å². The Morgan fingerprint density at radius 3 is 2.65 bits per heavy atom. The van der Waals surface area contributed by atoms with Crippen LogP contribution in [0.15, 0.2) is 63.7 Å². The molecule has 7 nitrogen and oxygen atoms in total. The number of hydrogen-bond donors (Lipinski definition) is 0. The smallest absolute Gasteiger partial charge is 0.297 e. The number of aryl methyl sites for hydroxylation is 1. The maximum atomic E-state index is 13.2. The number of aromatic nitrogens is 3. The molecule has 0 spiro atoms. The standard InChI is InChI=1S/C23H22N4O3S/c1-15-13-31-23(26(15)12-17-9-10-19-20(11-17)30-14-29-19)24-21-16(2)25(3)27(22(21)28)18-7-5-4-6-8-18/h4-11,13H,12,14H2,1-3H3. The first-order valence-corrected chi connectivity index (χ1v) is 10.8. The fourth-order valence-corrected chi connectivity index (χ4v) is 4.58. The van der Waals surface area contributed by atoms with Gasteiger partial charge in [0.05, 0.1) is 17.9 Å². The van der Waals surface area contributed by atoms with Gasteiger partial charge in [-0.1, -0.05) is 24.3 Å². The fraction of sp³-hybridized carbons (Fsp3) is 0.217. The molecule has 0 saturated heterocycles. The highest BCUT2D eigenvalue weighted by Crippen LogP contribution is 2.32. The second-order valence-corrected chi connectivity index (χ2v) is 8.29. The number of hydrogen-bond acceptors (Lipinski definition) is 5. The summed E-state index contributed by atoms with van der Waals surface area (Å²) in [7, 11) is 1.88. The Labute approximate surface area is 183 Å². The van der Waals surface area contributed by atoms with E-state index >= 15 is 0 Å². The summed E-state index contributed by atoms with van der Waals surface area (Å²) < 4.78 is 16.5. The van der Waals surface area contributed by atoms with E-state index in [4.69, 9.17) is 14.5 Å². The normalized spacial score (nSPS) is 13.2. The zero-order chi connectivity index (χ0) is 21.5. The summed E-state index contributed by atoms with van der Waals surface area (Å²) in [6.07, 6.45) is 0. The topological polar surface area (TPSA) is 62.7 Å². The molecule has 0 fully saturated rings. The van der Waals surface area contributed by atoms with E-state index in [1.165, 1.54) is 11.3 Å². The van der Waals surface area contributed by atoms with Crippen molar-refractivity contribution in [1.82, 2.24) is 13.9 Å². The third-order valence-corrected chi connectivity index (χ3v) is 6.48. The van der Waals surface area contributed by atoms with Crippen LogP contribution in [0.5, 0.6) is 11.5 Å². The van der Waals surface area contributed by atoms with Gasteiger partial charge in [0, 0.05) is 18.1 Å². The Balaban J connectivity index is 1.58. The van der Waals surface area contributed by atoms with E-state index < -0.39 is 0 Å². The molecule has 2 aromatic heterocycles. The Bertz CT molecular complexity index is 1390. The molecule has 0 amide bonds. The molecule has 0 saturated carbocycles. The van der Waals surface area contributed by atoms with Crippen LogP contribution in [-0.4, -0.2) is 20.7 Å². The van der Waals surface area contributed by atoms with Crippen LogP contribution in [0.25, 0.3) is 5.69 Å². The van der Waals surface area contributed by atoms with Gasteiger partial charge in [0.1, 0.15) is 0 Å². The largest absolute Gasteiger partial charge is 0.454 e. The monoisotopic (exact) mass is 434 g/mol. The molecule has 0 atom stereocenters. The van der Waals surface area contributed by atoms with Gasteiger partial charge in [-0.3, -0.25) is 9.48 Å². The van der Waals surface area contributed by atoms with Crippen molar-refractivity contribution in [3.63, 3.8) is 0 Å². The molecule has 1 aliphatic heterocycles. The minimum Gasteiger partial charge on any atom is -0.454 e. The summed E-state index contributed by atoms with van der Waals surface area (Å²) in [5.74, 6) is 1.52. The van der Waals surface area contributed by atoms with Crippen molar-refractivity contribution in [2.24, 2.45) is 12.0 Å². The average molecular weight is 435 g/mol. The maximum absolute atomic E-state index is 13.2. The molecular weight excluding hydrogens is 412 g/mol. The van der Waals surface area contributed by atoms with Crippen molar-refractivity contribution in [3.8, 4) is 17.2 Å². The SMILES string of the molecule is Cc1csc(=Nc2c(C)n(C)n(-c3ccccc3)c2=O)n1Cc1ccc2c(c1)OCO2. The van der Waals surface area contributed by atoms with Crippen LogP contribution in [-0.2, 0) is 13.6 Å². The second kappa shape index (κ2) is 7.63. The van der Waals surface area contributed by atoms with Gasteiger partial charge in [0.25, 0.3) is 5.56 Å². The van der Waals surface area contributed by atoms with E-state index in [0.29, 0.717) is 12.2 Å². The van der Waals surface area contributed by atoms with Gasteiger partial charge in [-0.2, -0.15) is 0 Å². The maximum Gasteiger partial charge on any atom is 0.297 e. The zero-order valence-corrected chi connectivity index (χ0v) is 18.3. The lowest BCUT2D eigenvalue weighted by atomic mass is 10.2. The van der Waals surface area contributed by atoms with E-state index in [2.05, 4.69) is 9.95 Å². The summed E-state index contributed by atoms with van der Waals surface area (Å²) in [5.41, 5.74) is 4.11. The van der Waals surface area contributed by atoms with Gasteiger partial charge >= 0.3 is 0 Å². The minimum absolute atomic E-state index is 0.133. The van der Waals surface area contributed by atoms with Crippen LogP contribution >= 0.6 is 11.3 Å². The summed E-state index contributed by atoms with van der Waals surface area (Å²) in [4.78, 5) is 18.8. The lowest BCUT2D eigenvalue weighted by Gasteiger charge is -2.07.